The number of aliphatic hydroxyl groups is 1. The van der Waals surface area contributed by atoms with Crippen LogP contribution in [0.1, 0.15) is 34.3 Å². The molecule has 1 aliphatic heterocycles. The van der Waals surface area contributed by atoms with E-state index in [4.69, 9.17) is 4.74 Å². The van der Waals surface area contributed by atoms with Crippen LogP contribution in [0.25, 0.3) is 0 Å². The number of ether oxygens (including phenoxy) is 1. The molecule has 7 heteroatoms. The summed E-state index contributed by atoms with van der Waals surface area (Å²) >= 11 is 0. The number of hydrogen-bond acceptors (Lipinski definition) is 6. The first-order chi connectivity index (χ1) is 19.5. The Kier molecular flexibility index (Phi) is 8.15. The molecule has 1 atom stereocenters. The molecule has 0 aromatic heterocycles. The minimum Gasteiger partial charge on any atom is -0.457 e. The van der Waals surface area contributed by atoms with Crippen molar-refractivity contribution in [2.75, 3.05) is 13.1 Å². The highest BCUT2D eigenvalue weighted by molar-refractivity contribution is 6.04. The van der Waals surface area contributed by atoms with Gasteiger partial charge in [-0.05, 0) is 54.8 Å². The molecule has 0 bridgehead atoms. The van der Waals surface area contributed by atoms with Gasteiger partial charge >= 0.3 is 0 Å². The Morgan fingerprint density at radius 3 is 1.98 bits per heavy atom. The number of imide groups is 1. The van der Waals surface area contributed by atoms with Crippen molar-refractivity contribution in [3.63, 3.8) is 0 Å². The van der Waals surface area contributed by atoms with Gasteiger partial charge in [-0.2, -0.15) is 0 Å². The highest BCUT2D eigenvalue weighted by atomic mass is 16.5. The SMILES string of the molecule is O=C(CN1CCC[C@H]1C(=O)NC(=O)C(O)(c1ccccc1)c1ccccc1)c1ccccc1Oc1ccccc1. The fraction of sp³-hybridized carbons (Fsp3) is 0.182. The van der Waals surface area contributed by atoms with Crippen LogP contribution in [-0.2, 0) is 15.2 Å². The van der Waals surface area contributed by atoms with Crippen LogP contribution >= 0.6 is 0 Å². The number of ketones is 1. The number of Topliss-reactive ketones (excluding diaryl/α,β-unsaturated/α-hetero) is 1. The van der Waals surface area contributed by atoms with Gasteiger partial charge in [-0.15, -0.1) is 0 Å². The lowest BCUT2D eigenvalue weighted by molar-refractivity contribution is -0.142. The lowest BCUT2D eigenvalue weighted by Crippen LogP contribution is -2.53. The minimum atomic E-state index is -2.06. The molecule has 4 aromatic carbocycles. The van der Waals surface area contributed by atoms with Crippen LogP contribution in [0.2, 0.25) is 0 Å². The average molecular weight is 535 g/mol. The Morgan fingerprint density at radius 2 is 1.35 bits per heavy atom. The summed E-state index contributed by atoms with van der Waals surface area (Å²) in [5.41, 5.74) is -0.957. The van der Waals surface area contributed by atoms with Gasteiger partial charge in [0.1, 0.15) is 11.5 Å². The number of likely N-dealkylation sites (tertiary alicyclic amines) is 1. The fourth-order valence-corrected chi connectivity index (χ4v) is 5.06. The first kappa shape index (κ1) is 27.0. The summed E-state index contributed by atoms with van der Waals surface area (Å²) in [6, 6.07) is 32.6. The van der Waals surface area contributed by atoms with Crippen LogP contribution in [-0.4, -0.2) is 46.7 Å². The molecule has 0 saturated carbocycles. The molecule has 1 saturated heterocycles. The number of carbonyl (C=O) groups is 3. The Balaban J connectivity index is 1.31. The third-order valence-electron chi connectivity index (χ3n) is 7.12. The molecule has 7 nitrogen and oxygen atoms in total. The molecule has 0 unspecified atom stereocenters. The topological polar surface area (TPSA) is 95.9 Å². The van der Waals surface area contributed by atoms with Crippen molar-refractivity contribution in [3.8, 4) is 11.5 Å². The Bertz CT molecular complexity index is 1440. The van der Waals surface area contributed by atoms with Gasteiger partial charge in [0, 0.05) is 0 Å². The van der Waals surface area contributed by atoms with Crippen LogP contribution in [0.3, 0.4) is 0 Å². The molecule has 1 fully saturated rings. The Hall–Kier alpha value is -4.59. The number of hydrogen-bond donors (Lipinski definition) is 2. The number of para-hydroxylation sites is 2. The lowest BCUT2D eigenvalue weighted by atomic mass is 9.85. The second-order valence-electron chi connectivity index (χ2n) is 9.72. The number of carbonyl (C=O) groups excluding carboxylic acids is 3. The normalized spacial score (nSPS) is 15.4. The van der Waals surface area contributed by atoms with Gasteiger partial charge < -0.3 is 9.84 Å². The molecule has 2 amide bonds. The third kappa shape index (κ3) is 5.71. The first-order valence-corrected chi connectivity index (χ1v) is 13.2. The van der Waals surface area contributed by atoms with Crippen molar-refractivity contribution in [1.82, 2.24) is 10.2 Å². The molecular weight excluding hydrogens is 504 g/mol. The molecule has 0 radical (unpaired) electrons. The number of nitrogens with one attached hydrogen (secondary N) is 1. The molecular formula is C33H30N2O5. The van der Waals surface area contributed by atoms with E-state index in [2.05, 4.69) is 5.32 Å². The fourth-order valence-electron chi connectivity index (χ4n) is 5.06. The van der Waals surface area contributed by atoms with Crippen molar-refractivity contribution < 1.29 is 24.2 Å². The molecule has 0 aliphatic carbocycles. The van der Waals surface area contributed by atoms with Gasteiger partial charge in [-0.25, -0.2) is 0 Å². The molecule has 2 N–H and O–H groups in total. The van der Waals surface area contributed by atoms with E-state index in [0.29, 0.717) is 47.6 Å². The zero-order valence-electron chi connectivity index (χ0n) is 21.9. The first-order valence-electron chi connectivity index (χ1n) is 13.2. The summed E-state index contributed by atoms with van der Waals surface area (Å²) in [5.74, 6) is -0.527. The van der Waals surface area contributed by atoms with Crippen LogP contribution in [0.5, 0.6) is 11.5 Å². The Morgan fingerprint density at radius 1 is 0.800 bits per heavy atom. The molecule has 202 valence electrons. The molecule has 5 rings (SSSR count). The summed E-state index contributed by atoms with van der Waals surface area (Å²) in [6.45, 7) is 0.518. The standard InChI is InChI=1S/C33H30N2O5/c36-29(27-19-10-11-21-30(27)40-26-17-8-3-9-18-26)23-35-22-12-20-28(35)31(37)34-32(38)33(39,24-13-4-1-5-14-24)25-15-6-2-7-16-25/h1-11,13-19,21,28,39H,12,20,22-23H2,(H,34,37,38)/t28-/m0/s1. The van der Waals surface area contributed by atoms with Gasteiger partial charge in [0.2, 0.25) is 5.91 Å². The van der Waals surface area contributed by atoms with Crippen molar-refractivity contribution in [1.29, 1.82) is 0 Å². The lowest BCUT2D eigenvalue weighted by Gasteiger charge is -2.29. The largest absolute Gasteiger partial charge is 0.457 e. The Labute approximate surface area is 233 Å². The van der Waals surface area contributed by atoms with E-state index in [-0.39, 0.29) is 12.3 Å². The molecule has 0 spiro atoms. The smallest absolute Gasteiger partial charge is 0.267 e. The molecule has 1 heterocycles. The average Bonchev–Trinajstić information content (AvgIpc) is 3.46. The maximum absolute atomic E-state index is 13.5. The quantitative estimate of drug-likeness (QED) is 0.302. The maximum Gasteiger partial charge on any atom is 0.267 e. The van der Waals surface area contributed by atoms with Gasteiger partial charge in [0.15, 0.2) is 11.4 Å². The summed E-state index contributed by atoms with van der Waals surface area (Å²) in [7, 11) is 0. The maximum atomic E-state index is 13.5. The van der Waals surface area contributed by atoms with Gasteiger partial charge in [0.25, 0.3) is 5.91 Å². The van der Waals surface area contributed by atoms with Crippen LogP contribution < -0.4 is 10.1 Å². The number of nitrogens with zero attached hydrogens (tertiary/aromatic N) is 1. The van der Waals surface area contributed by atoms with Crippen LogP contribution in [0.4, 0.5) is 0 Å². The summed E-state index contributed by atoms with van der Waals surface area (Å²) < 4.78 is 5.95. The second kappa shape index (κ2) is 12.1. The highest BCUT2D eigenvalue weighted by Crippen LogP contribution is 2.31. The molecule has 1 aliphatic rings. The minimum absolute atomic E-state index is 0.0108. The van der Waals surface area contributed by atoms with E-state index in [0.717, 1.165) is 0 Å². The second-order valence-corrected chi connectivity index (χ2v) is 9.72. The van der Waals surface area contributed by atoms with Crippen molar-refractivity contribution in [2.45, 2.75) is 24.5 Å². The monoisotopic (exact) mass is 534 g/mol. The summed E-state index contributed by atoms with van der Waals surface area (Å²) in [4.78, 5) is 42.0. The van der Waals surface area contributed by atoms with Crippen molar-refractivity contribution in [2.24, 2.45) is 0 Å². The van der Waals surface area contributed by atoms with E-state index < -0.39 is 23.5 Å². The van der Waals surface area contributed by atoms with Crippen LogP contribution in [0, 0.1) is 0 Å². The van der Waals surface area contributed by atoms with Crippen LogP contribution in [0.15, 0.2) is 115 Å². The van der Waals surface area contributed by atoms with E-state index in [9.17, 15) is 19.5 Å². The molecule has 4 aromatic rings. The van der Waals surface area contributed by atoms with E-state index in [1.54, 1.807) is 89.8 Å². The number of benzene rings is 4. The molecule has 40 heavy (non-hydrogen) atoms. The number of rotatable bonds is 9. The predicted molar refractivity (Wildman–Crippen MR) is 151 cm³/mol. The highest BCUT2D eigenvalue weighted by Gasteiger charge is 2.42. The number of amides is 2. The van der Waals surface area contributed by atoms with Crippen molar-refractivity contribution in [3.05, 3.63) is 132 Å². The van der Waals surface area contributed by atoms with E-state index in [1.165, 1.54) is 0 Å². The van der Waals surface area contributed by atoms with E-state index in [1.807, 2.05) is 30.3 Å². The predicted octanol–water partition coefficient (Wildman–Crippen LogP) is 4.70. The van der Waals surface area contributed by atoms with E-state index >= 15 is 0 Å². The van der Waals surface area contributed by atoms with Gasteiger partial charge in [0.05, 0.1) is 18.2 Å². The van der Waals surface area contributed by atoms with Gasteiger partial charge in [-0.1, -0.05) is 91.0 Å². The summed E-state index contributed by atoms with van der Waals surface area (Å²) in [5, 5.41) is 14.1. The third-order valence-corrected chi connectivity index (χ3v) is 7.12. The summed E-state index contributed by atoms with van der Waals surface area (Å²) in [6.07, 6.45) is 1.19. The zero-order chi connectivity index (χ0) is 28.0. The zero-order valence-corrected chi connectivity index (χ0v) is 21.9. The van der Waals surface area contributed by atoms with Gasteiger partial charge in [-0.3, -0.25) is 24.6 Å². The van der Waals surface area contributed by atoms with Crippen molar-refractivity contribution >= 4 is 17.6 Å².